The van der Waals surface area contributed by atoms with Crippen LogP contribution in [0.1, 0.15) is 0 Å². The van der Waals surface area contributed by atoms with Gasteiger partial charge in [0, 0.05) is 12.4 Å². The van der Waals surface area contributed by atoms with Crippen LogP contribution < -0.4 is 10.7 Å². The van der Waals surface area contributed by atoms with Gasteiger partial charge in [0.1, 0.15) is 6.04 Å². The highest BCUT2D eigenvalue weighted by Crippen LogP contribution is 1.89. The van der Waals surface area contributed by atoms with Gasteiger partial charge < -0.3 is 15.5 Å². The molecule has 1 aromatic heterocycles. The quantitative estimate of drug-likeness (QED) is 0.525. The minimum atomic E-state index is -1.36. The lowest BCUT2D eigenvalue weighted by Crippen LogP contribution is -2.47. The van der Waals surface area contributed by atoms with Crippen molar-refractivity contribution in [1.29, 1.82) is 0 Å². The van der Waals surface area contributed by atoms with Gasteiger partial charge in [0.25, 0.3) is 5.91 Å². The number of nitrogens with one attached hydrogen (secondary N) is 2. The molecule has 82 valence electrons. The molecule has 0 aliphatic carbocycles. The molecule has 0 fully saturated rings. The molecule has 0 aliphatic heterocycles. The fourth-order valence-electron chi connectivity index (χ4n) is 0.957. The van der Waals surface area contributed by atoms with E-state index in [0.717, 1.165) is 0 Å². The van der Waals surface area contributed by atoms with Crippen LogP contribution in [0, 0.1) is 0 Å². The summed E-state index contributed by atoms with van der Waals surface area (Å²) >= 11 is 0. The molecule has 1 rings (SSSR count). The van der Waals surface area contributed by atoms with E-state index in [9.17, 15) is 9.59 Å². The van der Waals surface area contributed by atoms with Gasteiger partial charge in [0.2, 0.25) is 0 Å². The van der Waals surface area contributed by atoms with Gasteiger partial charge in [-0.3, -0.25) is 14.9 Å². The first-order valence-electron chi connectivity index (χ1n) is 4.17. The molecule has 0 aromatic carbocycles. The zero-order valence-corrected chi connectivity index (χ0v) is 7.75. The van der Waals surface area contributed by atoms with Gasteiger partial charge in [-0.1, -0.05) is 0 Å². The molecule has 0 spiro atoms. The van der Waals surface area contributed by atoms with Crippen LogP contribution in [0.4, 0.5) is 4.79 Å². The summed E-state index contributed by atoms with van der Waals surface area (Å²) in [4.78, 5) is 21.6. The second-order valence-corrected chi connectivity index (χ2v) is 2.75. The van der Waals surface area contributed by atoms with Crippen molar-refractivity contribution < 1.29 is 19.8 Å². The molecule has 4 N–H and O–H groups in total. The zero-order valence-electron chi connectivity index (χ0n) is 7.75. The maximum atomic E-state index is 11.4. The van der Waals surface area contributed by atoms with Crippen LogP contribution in [-0.4, -0.2) is 39.5 Å². The third-order valence-corrected chi connectivity index (χ3v) is 1.64. The minimum absolute atomic E-state index is 0.598. The average Bonchev–Trinajstić information content (AvgIpc) is 2.66. The molecule has 1 aromatic rings. The summed E-state index contributed by atoms with van der Waals surface area (Å²) in [5.74, 6) is -0.629. The van der Waals surface area contributed by atoms with Crippen molar-refractivity contribution in [2.24, 2.45) is 0 Å². The summed E-state index contributed by atoms with van der Waals surface area (Å²) in [6.45, 7) is -0.598. The SMILES string of the molecule is O=C(O)NC(CO)C(=O)Nn1cccc1. The van der Waals surface area contributed by atoms with Crippen molar-refractivity contribution in [1.82, 2.24) is 9.99 Å². The van der Waals surface area contributed by atoms with Gasteiger partial charge in [-0.2, -0.15) is 0 Å². The maximum Gasteiger partial charge on any atom is 0.405 e. The lowest BCUT2D eigenvalue weighted by atomic mass is 10.3. The fourth-order valence-corrected chi connectivity index (χ4v) is 0.957. The highest BCUT2D eigenvalue weighted by molar-refractivity contribution is 5.91. The maximum absolute atomic E-state index is 11.4. The third-order valence-electron chi connectivity index (χ3n) is 1.64. The van der Waals surface area contributed by atoms with Gasteiger partial charge in [-0.15, -0.1) is 0 Å². The summed E-state index contributed by atoms with van der Waals surface area (Å²) in [6.07, 6.45) is 1.79. The highest BCUT2D eigenvalue weighted by Gasteiger charge is 2.19. The lowest BCUT2D eigenvalue weighted by Gasteiger charge is -2.14. The Morgan fingerprint density at radius 1 is 1.33 bits per heavy atom. The van der Waals surface area contributed by atoms with Crippen molar-refractivity contribution in [3.8, 4) is 0 Å². The van der Waals surface area contributed by atoms with Crippen LogP contribution in [0.15, 0.2) is 24.5 Å². The summed E-state index contributed by atoms with van der Waals surface area (Å²) < 4.78 is 1.36. The van der Waals surface area contributed by atoms with E-state index in [1.165, 1.54) is 4.68 Å². The van der Waals surface area contributed by atoms with Crippen LogP contribution in [-0.2, 0) is 4.79 Å². The number of nitrogens with zero attached hydrogens (tertiary/aromatic N) is 1. The number of hydrogen-bond acceptors (Lipinski definition) is 3. The zero-order chi connectivity index (χ0) is 11.3. The van der Waals surface area contributed by atoms with E-state index in [0.29, 0.717) is 0 Å². The minimum Gasteiger partial charge on any atom is -0.465 e. The first kappa shape index (κ1) is 11.1. The molecule has 1 unspecified atom stereocenters. The molecule has 1 atom stereocenters. The number of rotatable bonds is 4. The molecular formula is C8H11N3O4. The predicted octanol–water partition coefficient (Wildman–Crippen LogP) is -0.813. The van der Waals surface area contributed by atoms with Crippen molar-refractivity contribution >= 4 is 12.0 Å². The third kappa shape index (κ3) is 3.31. The number of amides is 2. The Hall–Kier alpha value is -2.02. The van der Waals surface area contributed by atoms with E-state index in [-0.39, 0.29) is 0 Å². The first-order chi connectivity index (χ1) is 7.13. The topological polar surface area (TPSA) is 104 Å². The van der Waals surface area contributed by atoms with Crippen molar-refractivity contribution in [3.05, 3.63) is 24.5 Å². The summed E-state index contributed by atoms with van der Waals surface area (Å²) in [5.41, 5.74) is 2.37. The van der Waals surface area contributed by atoms with Gasteiger partial charge in [-0.05, 0) is 12.1 Å². The smallest absolute Gasteiger partial charge is 0.405 e. The van der Waals surface area contributed by atoms with Gasteiger partial charge >= 0.3 is 6.09 Å². The Bertz CT molecular complexity index is 336. The number of aliphatic hydroxyl groups is 1. The van der Waals surface area contributed by atoms with Gasteiger partial charge in [-0.25, -0.2) is 4.79 Å². The van der Waals surface area contributed by atoms with Crippen LogP contribution in [0.3, 0.4) is 0 Å². The average molecular weight is 213 g/mol. The van der Waals surface area contributed by atoms with Crippen LogP contribution in [0.25, 0.3) is 0 Å². The Balaban J connectivity index is 2.54. The molecule has 7 heteroatoms. The molecular weight excluding hydrogens is 202 g/mol. The summed E-state index contributed by atoms with van der Waals surface area (Å²) in [7, 11) is 0. The Morgan fingerprint density at radius 2 is 1.93 bits per heavy atom. The molecule has 2 amide bonds. The first-order valence-corrected chi connectivity index (χ1v) is 4.17. The van der Waals surface area contributed by atoms with Crippen LogP contribution >= 0.6 is 0 Å². The van der Waals surface area contributed by atoms with E-state index < -0.39 is 24.6 Å². The van der Waals surface area contributed by atoms with Crippen LogP contribution in [0.2, 0.25) is 0 Å². The van der Waals surface area contributed by atoms with E-state index in [1.54, 1.807) is 24.5 Å². The number of aromatic nitrogens is 1. The second-order valence-electron chi connectivity index (χ2n) is 2.75. The van der Waals surface area contributed by atoms with Crippen LogP contribution in [0.5, 0.6) is 0 Å². The summed E-state index contributed by atoms with van der Waals surface area (Å²) in [5, 5.41) is 19.0. The lowest BCUT2D eigenvalue weighted by molar-refractivity contribution is -0.119. The molecule has 7 nitrogen and oxygen atoms in total. The molecule has 0 aliphatic rings. The van der Waals surface area contributed by atoms with E-state index >= 15 is 0 Å². The Morgan fingerprint density at radius 3 is 2.40 bits per heavy atom. The predicted molar refractivity (Wildman–Crippen MR) is 50.8 cm³/mol. The van der Waals surface area contributed by atoms with Crippen molar-refractivity contribution in [3.63, 3.8) is 0 Å². The largest absolute Gasteiger partial charge is 0.465 e. The number of carbonyl (C=O) groups is 2. The Kier molecular flexibility index (Phi) is 3.69. The van der Waals surface area contributed by atoms with E-state index in [4.69, 9.17) is 10.2 Å². The number of hydrogen-bond donors (Lipinski definition) is 4. The number of aliphatic hydroxyl groups excluding tert-OH is 1. The molecule has 15 heavy (non-hydrogen) atoms. The Labute approximate surface area is 85.3 Å². The monoisotopic (exact) mass is 213 g/mol. The van der Waals surface area contributed by atoms with Crippen molar-refractivity contribution in [2.45, 2.75) is 6.04 Å². The molecule has 0 bridgehead atoms. The molecule has 0 saturated carbocycles. The highest BCUT2D eigenvalue weighted by atomic mass is 16.4. The molecule has 1 heterocycles. The second kappa shape index (κ2) is 5.01. The fraction of sp³-hybridized carbons (Fsp3) is 0.250. The van der Waals surface area contributed by atoms with Gasteiger partial charge in [0.15, 0.2) is 0 Å². The van der Waals surface area contributed by atoms with E-state index in [2.05, 4.69) is 5.43 Å². The van der Waals surface area contributed by atoms with Gasteiger partial charge in [0.05, 0.1) is 6.61 Å². The molecule has 0 saturated heterocycles. The standard InChI is InChI=1S/C8H11N3O4/c12-5-6(9-8(14)15)7(13)10-11-3-1-2-4-11/h1-4,6,9,12H,5H2,(H,10,13)(H,14,15). The molecule has 0 radical (unpaired) electrons. The van der Waals surface area contributed by atoms with Crippen molar-refractivity contribution in [2.75, 3.05) is 12.0 Å². The summed E-state index contributed by atoms with van der Waals surface area (Å²) in [6, 6.07) is 2.21. The number of carbonyl (C=O) groups excluding carboxylic acids is 1. The number of carboxylic acid groups (broad SMARTS) is 1. The normalized spacial score (nSPS) is 11.8. The van der Waals surface area contributed by atoms with E-state index in [1.807, 2.05) is 5.32 Å².